The van der Waals surface area contributed by atoms with Crippen molar-refractivity contribution in [3.05, 3.63) is 0 Å². The zero-order valence-electron chi connectivity index (χ0n) is 23.2. The van der Waals surface area contributed by atoms with Crippen molar-refractivity contribution in [2.24, 2.45) is 15.0 Å². The highest BCUT2D eigenvalue weighted by molar-refractivity contribution is 7.78. The van der Waals surface area contributed by atoms with Gasteiger partial charge in [-0.1, -0.05) is 62.3 Å². The van der Waals surface area contributed by atoms with E-state index in [1.54, 1.807) is 0 Å². The monoisotopic (exact) mass is 446 g/mol. The Morgan fingerprint density at radius 1 is 0.448 bits per heavy atom. The lowest BCUT2D eigenvalue weighted by molar-refractivity contribution is 0.610. The van der Waals surface area contributed by atoms with Crippen LogP contribution in [0.2, 0.25) is 0 Å². The first kappa shape index (κ1) is 29.3. The summed E-state index contributed by atoms with van der Waals surface area (Å²) in [5, 5.41) is 5.17. The fourth-order valence-corrected chi connectivity index (χ4v) is 21.0. The van der Waals surface area contributed by atoms with Gasteiger partial charge in [-0.15, -0.1) is 4.85 Å². The molecule has 0 aliphatic carbocycles. The lowest BCUT2D eigenvalue weighted by Crippen LogP contribution is -2.42. The van der Waals surface area contributed by atoms with Gasteiger partial charge in [0.2, 0.25) is 0 Å². The molecule has 0 N–H and O–H groups in total. The number of rotatable bonds is 2. The summed E-state index contributed by atoms with van der Waals surface area (Å²) in [5.74, 6) is 0. The maximum atomic E-state index is 5.29. The van der Waals surface area contributed by atoms with E-state index in [0.717, 1.165) is 0 Å². The van der Waals surface area contributed by atoms with Gasteiger partial charge in [-0.2, -0.15) is 0 Å². The van der Waals surface area contributed by atoms with Crippen LogP contribution >= 0.6 is 14.5 Å². The molecule has 0 saturated heterocycles. The van der Waals surface area contributed by atoms with Crippen LogP contribution in [0.3, 0.4) is 0 Å². The van der Waals surface area contributed by atoms with Crippen LogP contribution in [0.1, 0.15) is 125 Å². The van der Waals surface area contributed by atoms with Crippen LogP contribution in [0.15, 0.2) is 15.0 Å². The Morgan fingerprint density at radius 2 is 0.690 bits per heavy atom. The largest absolute Gasteiger partial charge is 0.174 e. The van der Waals surface area contributed by atoms with Crippen molar-refractivity contribution in [2.45, 2.75) is 156 Å². The normalized spacial score (nSPS) is 16.5. The van der Waals surface area contributed by atoms with Gasteiger partial charge in [-0.3, -0.25) is 0 Å². The Hall–Kier alpha value is 0.260. The molecule has 0 spiro atoms. The second-order valence-electron chi connectivity index (χ2n) is 14.6. The van der Waals surface area contributed by atoms with Crippen LogP contribution in [-0.4, -0.2) is 30.9 Å². The molecule has 0 fully saturated rings. The topological polar surface area (TPSA) is 37.1 Å². The summed E-state index contributed by atoms with van der Waals surface area (Å²) in [6, 6.07) is 0. The first-order chi connectivity index (χ1) is 12.2. The fraction of sp³-hybridized carbons (Fsp3) is 1.00. The van der Waals surface area contributed by atoms with E-state index >= 15 is 0 Å². The fourth-order valence-electron chi connectivity index (χ4n) is 6.98. The number of hydrogen-bond acceptors (Lipinski definition) is 1. The summed E-state index contributed by atoms with van der Waals surface area (Å²) < 4.78 is 0. The van der Waals surface area contributed by atoms with Gasteiger partial charge in [0.1, 0.15) is 0 Å². The van der Waals surface area contributed by atoms with Crippen LogP contribution in [0, 0.1) is 0 Å². The average molecular weight is 447 g/mol. The number of nitrogens with zero attached hydrogens (tertiary/aromatic N) is 3. The summed E-state index contributed by atoms with van der Waals surface area (Å²) in [6.07, 6.45) is 0. The van der Waals surface area contributed by atoms with Gasteiger partial charge in [-0.25, -0.2) is 0 Å². The minimum atomic E-state index is -1.91. The van der Waals surface area contributed by atoms with Gasteiger partial charge < -0.3 is 0 Å². The molecule has 0 bridgehead atoms. The molecule has 0 heterocycles. The smallest absolute Gasteiger partial charge is 0.147 e. The summed E-state index contributed by atoms with van der Waals surface area (Å²) in [5.41, 5.74) is 0. The van der Waals surface area contributed by atoms with E-state index in [1.165, 1.54) is 0 Å². The van der Waals surface area contributed by atoms with E-state index < -0.39 is 14.5 Å². The average Bonchev–Trinajstić information content (AvgIpc) is 2.27. The SMILES string of the molecule is CC(C)(C)P(=N/N=N/[P+](C(C)(C)C)(C(C)(C)C)C(C)(C)C)(C(C)(C)C)C(C)(C)C. The summed E-state index contributed by atoms with van der Waals surface area (Å²) in [7, 11) is -3.82. The summed E-state index contributed by atoms with van der Waals surface area (Å²) in [6.45, 7) is 42.2. The third-order valence-corrected chi connectivity index (χ3v) is 18.5. The molecule has 0 rings (SSSR count). The first-order valence-corrected chi connectivity index (χ1v) is 14.6. The van der Waals surface area contributed by atoms with Crippen LogP contribution in [0.25, 0.3) is 0 Å². The Kier molecular flexibility index (Phi) is 8.06. The second-order valence-corrected chi connectivity index (χ2v) is 25.5. The van der Waals surface area contributed by atoms with E-state index in [4.69, 9.17) is 15.0 Å². The molecule has 0 aliphatic rings. The molecule has 0 aromatic carbocycles. The Morgan fingerprint density at radius 3 is 0.862 bits per heavy atom. The van der Waals surface area contributed by atoms with Crippen molar-refractivity contribution >= 4 is 14.5 Å². The molecule has 174 valence electrons. The third-order valence-electron chi connectivity index (χ3n) is 6.17. The standard InChI is InChI=1S/C24H54N3P2/c1-19(2,3)28(20(4,5)6,21(7,8)9)26-25-27-29(22(10,11)12,23(13,14)15)24(16,17)18/h1-18H3/q+1/b26-25+. The summed E-state index contributed by atoms with van der Waals surface area (Å²) >= 11 is 0. The van der Waals surface area contributed by atoms with Crippen LogP contribution in [-0.2, 0) is 0 Å². The molecule has 0 amide bonds. The van der Waals surface area contributed by atoms with Crippen molar-refractivity contribution in [3.8, 4) is 0 Å². The third kappa shape index (κ3) is 5.03. The van der Waals surface area contributed by atoms with Gasteiger partial charge in [0.25, 0.3) is 0 Å². The highest BCUT2D eigenvalue weighted by Gasteiger charge is 2.67. The van der Waals surface area contributed by atoms with Gasteiger partial charge in [0.05, 0.1) is 15.5 Å². The lowest BCUT2D eigenvalue weighted by atomic mass is 10.2. The summed E-state index contributed by atoms with van der Waals surface area (Å²) in [4.78, 5) is 10.6. The molecule has 0 aliphatic heterocycles. The van der Waals surface area contributed by atoms with Crippen molar-refractivity contribution in [3.63, 3.8) is 0 Å². The van der Waals surface area contributed by atoms with Crippen LogP contribution in [0.4, 0.5) is 0 Å². The maximum absolute atomic E-state index is 5.29. The molecule has 3 nitrogen and oxygen atoms in total. The molecule has 5 heteroatoms. The molecular weight excluding hydrogens is 392 g/mol. The van der Waals surface area contributed by atoms with E-state index in [9.17, 15) is 0 Å². The van der Waals surface area contributed by atoms with E-state index in [2.05, 4.69) is 125 Å². The number of hydrogen-bond donors (Lipinski definition) is 0. The van der Waals surface area contributed by atoms with E-state index in [0.29, 0.717) is 0 Å². The molecular formula is C24H54N3P2+. The second kappa shape index (κ2) is 7.99. The maximum Gasteiger partial charge on any atom is 0.174 e. The van der Waals surface area contributed by atoms with Crippen LogP contribution in [0.5, 0.6) is 0 Å². The molecule has 0 radical (unpaired) electrons. The first-order valence-electron chi connectivity index (χ1n) is 11.1. The minimum absolute atomic E-state index is 0.0504. The molecule has 0 aromatic rings. The Balaban J connectivity index is 7.33. The quantitative estimate of drug-likeness (QED) is 0.230. The Bertz CT molecular complexity index is 568. The Labute approximate surface area is 185 Å². The van der Waals surface area contributed by atoms with Crippen molar-refractivity contribution in [1.29, 1.82) is 0 Å². The predicted octanol–water partition coefficient (Wildman–Crippen LogP) is 10.3. The van der Waals surface area contributed by atoms with E-state index in [1.807, 2.05) is 0 Å². The highest BCUT2D eigenvalue weighted by atomic mass is 31.2. The van der Waals surface area contributed by atoms with Crippen molar-refractivity contribution in [1.82, 2.24) is 0 Å². The van der Waals surface area contributed by atoms with Gasteiger partial charge in [-0.05, 0) is 72.4 Å². The predicted molar refractivity (Wildman–Crippen MR) is 140 cm³/mol. The van der Waals surface area contributed by atoms with Gasteiger partial charge in [0.15, 0.2) is 7.41 Å². The lowest BCUT2D eigenvalue weighted by Gasteiger charge is -2.53. The van der Waals surface area contributed by atoms with Gasteiger partial charge in [0, 0.05) is 22.5 Å². The van der Waals surface area contributed by atoms with Gasteiger partial charge >= 0.3 is 0 Å². The van der Waals surface area contributed by atoms with Crippen LogP contribution < -0.4 is 0 Å². The van der Waals surface area contributed by atoms with E-state index in [-0.39, 0.29) is 30.9 Å². The highest BCUT2D eigenvalue weighted by Crippen LogP contribution is 2.85. The molecule has 0 saturated carbocycles. The molecule has 0 atom stereocenters. The molecule has 0 aromatic heterocycles. The van der Waals surface area contributed by atoms with Crippen molar-refractivity contribution in [2.75, 3.05) is 0 Å². The molecule has 29 heavy (non-hydrogen) atoms. The molecule has 0 unspecified atom stereocenters. The van der Waals surface area contributed by atoms with Crippen molar-refractivity contribution < 1.29 is 0 Å². The zero-order chi connectivity index (χ0) is 24.1. The zero-order valence-corrected chi connectivity index (χ0v) is 25.0. The minimum Gasteiger partial charge on any atom is -0.147 e.